The average molecular weight is 253 g/mol. The first-order valence-electron chi connectivity index (χ1n) is 4.29. The summed E-state index contributed by atoms with van der Waals surface area (Å²) in [6.45, 7) is 0. The van der Waals surface area contributed by atoms with Crippen LogP contribution in [0.15, 0.2) is 6.07 Å². The zero-order valence-corrected chi connectivity index (χ0v) is 9.44. The molecule has 1 N–H and O–H groups in total. The Morgan fingerprint density at radius 2 is 2.00 bits per heavy atom. The molecule has 1 saturated carbocycles. The summed E-state index contributed by atoms with van der Waals surface area (Å²) in [7, 11) is 0. The number of aliphatic hydroxyl groups excluding tert-OH is 1. The van der Waals surface area contributed by atoms with Crippen molar-refractivity contribution in [2.24, 2.45) is 5.92 Å². The van der Waals surface area contributed by atoms with Crippen LogP contribution in [0.3, 0.4) is 0 Å². The van der Waals surface area contributed by atoms with Crippen LogP contribution in [0.2, 0.25) is 15.3 Å². The molecule has 0 aliphatic heterocycles. The fraction of sp³-hybridized carbons (Fsp3) is 0.444. The van der Waals surface area contributed by atoms with Gasteiger partial charge < -0.3 is 5.11 Å². The molecule has 1 fully saturated rings. The van der Waals surface area contributed by atoms with Gasteiger partial charge in [0.25, 0.3) is 0 Å². The van der Waals surface area contributed by atoms with Gasteiger partial charge >= 0.3 is 0 Å². The van der Waals surface area contributed by atoms with Crippen molar-refractivity contribution in [2.75, 3.05) is 0 Å². The quantitative estimate of drug-likeness (QED) is 0.818. The molecule has 5 heteroatoms. The summed E-state index contributed by atoms with van der Waals surface area (Å²) in [6, 6.07) is 1.50. The van der Waals surface area contributed by atoms with Gasteiger partial charge in [-0.1, -0.05) is 34.8 Å². The number of aromatic nitrogens is 1. The van der Waals surface area contributed by atoms with Crippen molar-refractivity contribution in [3.05, 3.63) is 27.0 Å². The molecule has 1 heterocycles. The maximum Gasteiger partial charge on any atom is 0.138 e. The van der Waals surface area contributed by atoms with E-state index >= 15 is 0 Å². The predicted molar refractivity (Wildman–Crippen MR) is 57.0 cm³/mol. The Kier molecular flexibility index (Phi) is 2.89. The molecule has 1 aromatic heterocycles. The van der Waals surface area contributed by atoms with Crippen LogP contribution in [-0.2, 0) is 0 Å². The van der Waals surface area contributed by atoms with Crippen LogP contribution < -0.4 is 0 Å². The highest BCUT2D eigenvalue weighted by Crippen LogP contribution is 2.44. The molecule has 1 aromatic rings. The molecule has 0 amide bonds. The number of aliphatic hydroxyl groups is 1. The summed E-state index contributed by atoms with van der Waals surface area (Å²) in [5.74, 6) is 0.271. The van der Waals surface area contributed by atoms with E-state index in [1.165, 1.54) is 6.07 Å². The SMILES string of the molecule is OC(c1c(Cl)cc(Cl)nc1Cl)C1CC1. The van der Waals surface area contributed by atoms with Gasteiger partial charge in [-0.05, 0) is 24.8 Å². The third-order valence-corrected chi connectivity index (χ3v) is 3.09. The zero-order valence-electron chi connectivity index (χ0n) is 7.17. The number of pyridine rings is 1. The average Bonchev–Trinajstić information content (AvgIpc) is 2.83. The fourth-order valence-electron chi connectivity index (χ4n) is 1.38. The molecule has 0 aromatic carbocycles. The van der Waals surface area contributed by atoms with Gasteiger partial charge in [-0.25, -0.2) is 4.98 Å². The summed E-state index contributed by atoms with van der Waals surface area (Å²) in [5, 5.41) is 10.7. The van der Waals surface area contributed by atoms with Gasteiger partial charge in [0.05, 0.1) is 11.1 Å². The maximum absolute atomic E-state index is 9.86. The number of rotatable bonds is 2. The van der Waals surface area contributed by atoms with Crippen LogP contribution in [0.25, 0.3) is 0 Å². The molecule has 14 heavy (non-hydrogen) atoms. The van der Waals surface area contributed by atoms with Crippen LogP contribution in [0.5, 0.6) is 0 Å². The number of hydrogen-bond acceptors (Lipinski definition) is 2. The Labute approximate surface area is 96.8 Å². The highest BCUT2D eigenvalue weighted by Gasteiger charge is 2.33. The lowest BCUT2D eigenvalue weighted by Crippen LogP contribution is -2.02. The Balaban J connectivity index is 2.40. The smallest absolute Gasteiger partial charge is 0.138 e. The molecule has 1 aliphatic carbocycles. The summed E-state index contributed by atoms with van der Waals surface area (Å²) in [5.41, 5.74) is 0.500. The second-order valence-corrected chi connectivity index (χ2v) is 4.57. The van der Waals surface area contributed by atoms with Gasteiger partial charge in [-0.2, -0.15) is 0 Å². The molecule has 0 spiro atoms. The third-order valence-electron chi connectivity index (χ3n) is 2.29. The van der Waals surface area contributed by atoms with E-state index in [4.69, 9.17) is 34.8 Å². The number of halogens is 3. The summed E-state index contributed by atoms with van der Waals surface area (Å²) < 4.78 is 0. The second-order valence-electron chi connectivity index (χ2n) is 3.41. The molecule has 0 saturated heterocycles. The molecular formula is C9H8Cl3NO. The van der Waals surface area contributed by atoms with Crippen LogP contribution >= 0.6 is 34.8 Å². The van der Waals surface area contributed by atoms with E-state index < -0.39 is 6.10 Å². The van der Waals surface area contributed by atoms with Crippen molar-refractivity contribution < 1.29 is 5.11 Å². The minimum absolute atomic E-state index is 0.196. The lowest BCUT2D eigenvalue weighted by Gasteiger charge is -2.12. The van der Waals surface area contributed by atoms with E-state index in [2.05, 4.69) is 4.98 Å². The van der Waals surface area contributed by atoms with Crippen molar-refractivity contribution in [1.29, 1.82) is 0 Å². The van der Waals surface area contributed by atoms with E-state index in [1.807, 2.05) is 0 Å². The van der Waals surface area contributed by atoms with Gasteiger partial charge in [-0.3, -0.25) is 0 Å². The lowest BCUT2D eigenvalue weighted by atomic mass is 10.1. The standard InChI is InChI=1S/C9H8Cl3NO/c10-5-3-6(11)13-9(12)7(5)8(14)4-1-2-4/h3-4,8,14H,1-2H2. The molecule has 76 valence electrons. The summed E-state index contributed by atoms with van der Waals surface area (Å²) in [6.07, 6.45) is 1.41. The Bertz CT molecular complexity index is 342. The van der Waals surface area contributed by atoms with Crippen LogP contribution in [-0.4, -0.2) is 10.1 Å². The van der Waals surface area contributed by atoms with E-state index in [0.717, 1.165) is 12.8 Å². The van der Waals surface area contributed by atoms with Gasteiger partial charge in [0, 0.05) is 5.56 Å². The normalized spacial score (nSPS) is 18.3. The van der Waals surface area contributed by atoms with Gasteiger partial charge in [0.2, 0.25) is 0 Å². The maximum atomic E-state index is 9.86. The van der Waals surface area contributed by atoms with Crippen molar-refractivity contribution >= 4 is 34.8 Å². The van der Waals surface area contributed by atoms with E-state index in [-0.39, 0.29) is 16.2 Å². The predicted octanol–water partition coefficient (Wildman–Crippen LogP) is 3.49. The molecule has 1 unspecified atom stereocenters. The monoisotopic (exact) mass is 251 g/mol. The minimum Gasteiger partial charge on any atom is -0.388 e. The Morgan fingerprint density at radius 3 is 2.50 bits per heavy atom. The Morgan fingerprint density at radius 1 is 1.36 bits per heavy atom. The van der Waals surface area contributed by atoms with Crippen molar-refractivity contribution in [3.63, 3.8) is 0 Å². The van der Waals surface area contributed by atoms with Crippen molar-refractivity contribution in [3.8, 4) is 0 Å². The molecule has 2 rings (SSSR count). The van der Waals surface area contributed by atoms with Gasteiger partial charge in [-0.15, -0.1) is 0 Å². The van der Waals surface area contributed by atoms with Crippen molar-refractivity contribution in [2.45, 2.75) is 18.9 Å². The van der Waals surface area contributed by atoms with Crippen LogP contribution in [0, 0.1) is 5.92 Å². The molecule has 1 aliphatic rings. The van der Waals surface area contributed by atoms with Crippen molar-refractivity contribution in [1.82, 2.24) is 4.98 Å². The second kappa shape index (κ2) is 3.86. The summed E-state index contributed by atoms with van der Waals surface area (Å²) in [4.78, 5) is 3.85. The summed E-state index contributed by atoms with van der Waals surface area (Å²) >= 11 is 17.5. The number of hydrogen-bond donors (Lipinski definition) is 1. The first-order chi connectivity index (χ1) is 6.59. The topological polar surface area (TPSA) is 33.1 Å². The van der Waals surface area contributed by atoms with Gasteiger partial charge in [0.15, 0.2) is 0 Å². The van der Waals surface area contributed by atoms with Crippen LogP contribution in [0.1, 0.15) is 24.5 Å². The molecule has 0 bridgehead atoms. The van der Waals surface area contributed by atoms with E-state index in [1.54, 1.807) is 0 Å². The molecule has 0 radical (unpaired) electrons. The molecular weight excluding hydrogens is 244 g/mol. The van der Waals surface area contributed by atoms with Gasteiger partial charge in [0.1, 0.15) is 10.3 Å². The first kappa shape index (κ1) is 10.5. The molecule has 2 nitrogen and oxygen atoms in total. The third kappa shape index (κ3) is 1.98. The highest BCUT2D eigenvalue weighted by molar-refractivity contribution is 6.37. The van der Waals surface area contributed by atoms with Crippen LogP contribution in [0.4, 0.5) is 0 Å². The van der Waals surface area contributed by atoms with E-state index in [0.29, 0.717) is 10.6 Å². The number of nitrogens with zero attached hydrogens (tertiary/aromatic N) is 1. The first-order valence-corrected chi connectivity index (χ1v) is 5.42. The highest BCUT2D eigenvalue weighted by atomic mass is 35.5. The largest absolute Gasteiger partial charge is 0.388 e. The molecule has 1 atom stereocenters. The minimum atomic E-state index is -0.611. The fourth-order valence-corrected chi connectivity index (χ4v) is 2.33. The Hall–Kier alpha value is -0.0200. The zero-order chi connectivity index (χ0) is 10.3. The lowest BCUT2D eigenvalue weighted by molar-refractivity contribution is 0.153. The van der Waals surface area contributed by atoms with E-state index in [9.17, 15) is 5.11 Å².